The molecule has 4 rings (SSSR count). The van der Waals surface area contributed by atoms with Gasteiger partial charge in [0.05, 0.1) is 24.9 Å². The number of fused-ring (bicyclic) bond motifs is 5. The van der Waals surface area contributed by atoms with E-state index in [0.717, 1.165) is 0 Å². The summed E-state index contributed by atoms with van der Waals surface area (Å²) in [6.45, 7) is 4.71. The van der Waals surface area contributed by atoms with Gasteiger partial charge in [0, 0.05) is 26.1 Å². The maximum absolute atomic E-state index is 13.8. The number of esters is 1. The first kappa shape index (κ1) is 24.7. The molecule has 0 spiro atoms. The van der Waals surface area contributed by atoms with Crippen molar-refractivity contribution in [1.29, 1.82) is 0 Å². The highest BCUT2D eigenvalue weighted by molar-refractivity contribution is 7.87. The van der Waals surface area contributed by atoms with Crippen molar-refractivity contribution in [2.75, 3.05) is 19.8 Å². The van der Waals surface area contributed by atoms with Crippen molar-refractivity contribution in [2.45, 2.75) is 87.8 Å². The van der Waals surface area contributed by atoms with E-state index in [-0.39, 0.29) is 43.7 Å². The highest BCUT2D eigenvalue weighted by Gasteiger charge is 2.58. The fourth-order valence-corrected chi connectivity index (χ4v) is 5.12. The summed E-state index contributed by atoms with van der Waals surface area (Å²) in [5, 5.41) is -5.04. The van der Waals surface area contributed by atoms with Crippen molar-refractivity contribution in [3.05, 3.63) is 0 Å². The molecule has 2 saturated carbocycles. The lowest BCUT2D eigenvalue weighted by Crippen LogP contribution is -2.54. The number of hydrogen-bond donors (Lipinski definition) is 1. The zero-order valence-electron chi connectivity index (χ0n) is 17.6. The third-order valence-corrected chi connectivity index (χ3v) is 6.83. The normalized spacial score (nSPS) is 35.4. The van der Waals surface area contributed by atoms with Crippen molar-refractivity contribution < 1.29 is 50.2 Å². The van der Waals surface area contributed by atoms with Gasteiger partial charge in [-0.1, -0.05) is 0 Å². The molecule has 12 heteroatoms. The number of hydrogen-bond acceptors (Lipinski definition) is 8. The minimum Gasteiger partial charge on any atom is -0.454 e. The number of halogens is 2. The molecule has 4 fully saturated rings. The van der Waals surface area contributed by atoms with Crippen LogP contribution in [0.5, 0.6) is 0 Å². The minimum atomic E-state index is -5.94. The van der Waals surface area contributed by atoms with E-state index >= 15 is 0 Å². The number of alkyl halides is 2. The Labute approximate surface area is 180 Å². The van der Waals surface area contributed by atoms with Crippen molar-refractivity contribution in [3.8, 4) is 0 Å². The van der Waals surface area contributed by atoms with Crippen LogP contribution >= 0.6 is 0 Å². The topological polar surface area (TPSA) is 118 Å². The van der Waals surface area contributed by atoms with Crippen LogP contribution in [0.3, 0.4) is 0 Å². The zero-order chi connectivity index (χ0) is 22.9. The summed E-state index contributed by atoms with van der Waals surface area (Å²) in [4.78, 5) is 12.0. The van der Waals surface area contributed by atoms with Crippen LogP contribution < -0.4 is 0 Å². The lowest BCUT2D eigenvalue weighted by atomic mass is 9.67. The molecule has 180 valence electrons. The molecule has 9 nitrogen and oxygen atoms in total. The highest BCUT2D eigenvalue weighted by atomic mass is 32.2. The summed E-state index contributed by atoms with van der Waals surface area (Å²) in [7, 11) is -5.94. The molecule has 4 aliphatic rings. The third-order valence-electron chi connectivity index (χ3n) is 6.02. The van der Waals surface area contributed by atoms with Gasteiger partial charge in [0.15, 0.2) is 6.29 Å². The Kier molecular flexibility index (Phi) is 7.59. The van der Waals surface area contributed by atoms with E-state index in [1.165, 1.54) is 0 Å². The first-order valence-electron chi connectivity index (χ1n) is 10.5. The van der Waals surface area contributed by atoms with Crippen LogP contribution in [0.1, 0.15) is 52.4 Å². The Morgan fingerprint density at radius 1 is 1.23 bits per heavy atom. The smallest absolute Gasteiger partial charge is 0.454 e. The molecule has 2 heterocycles. The average molecular weight is 473 g/mol. The van der Waals surface area contributed by atoms with E-state index in [9.17, 15) is 22.0 Å². The summed E-state index contributed by atoms with van der Waals surface area (Å²) >= 11 is 0. The standard InChI is InChI=1S/C19H30F2O9S/c1-3-26-12(2)29-14-4-5-27-15-6-13-7-16(28-11-14)10-18(8-13,9-15)30-17(22)19(20,21)31(23,24)25/h12-16H,3-11H2,1-2H3,(H,23,24,25). The van der Waals surface area contributed by atoms with E-state index in [4.69, 9.17) is 28.2 Å². The summed E-state index contributed by atoms with van der Waals surface area (Å²) < 4.78 is 86.6. The Morgan fingerprint density at radius 3 is 2.48 bits per heavy atom. The quantitative estimate of drug-likeness (QED) is 0.338. The highest BCUT2D eigenvalue weighted by Crippen LogP contribution is 2.48. The lowest BCUT2D eigenvalue weighted by molar-refractivity contribution is -0.206. The molecular weight excluding hydrogens is 442 g/mol. The summed E-state index contributed by atoms with van der Waals surface area (Å²) in [6, 6.07) is 0. The Balaban J connectivity index is 1.75. The first-order valence-corrected chi connectivity index (χ1v) is 12.0. The van der Waals surface area contributed by atoms with Gasteiger partial charge in [-0.25, -0.2) is 4.79 Å². The van der Waals surface area contributed by atoms with E-state index in [1.54, 1.807) is 6.92 Å². The zero-order valence-corrected chi connectivity index (χ0v) is 18.4. The predicted octanol–water partition coefficient (Wildman–Crippen LogP) is 2.28. The van der Waals surface area contributed by atoms with Crippen molar-refractivity contribution in [1.82, 2.24) is 0 Å². The molecule has 0 radical (unpaired) electrons. The number of rotatable bonds is 7. The molecule has 2 saturated heterocycles. The Bertz CT molecular complexity index is 747. The molecule has 6 unspecified atom stereocenters. The second-order valence-electron chi connectivity index (χ2n) is 8.53. The van der Waals surface area contributed by atoms with Crippen LogP contribution in [0.25, 0.3) is 0 Å². The molecule has 2 aliphatic heterocycles. The predicted molar refractivity (Wildman–Crippen MR) is 102 cm³/mol. The average Bonchev–Trinajstić information content (AvgIpc) is 2.67. The summed E-state index contributed by atoms with van der Waals surface area (Å²) in [6.07, 6.45) is 0.998. The van der Waals surface area contributed by atoms with Gasteiger partial charge < -0.3 is 23.7 Å². The number of ether oxygens (including phenoxy) is 5. The molecule has 0 aromatic carbocycles. The van der Waals surface area contributed by atoms with Crippen molar-refractivity contribution >= 4 is 16.1 Å². The van der Waals surface area contributed by atoms with Gasteiger partial charge in [-0.3, -0.25) is 4.55 Å². The second kappa shape index (κ2) is 9.52. The largest absolute Gasteiger partial charge is 0.465 e. The molecular formula is C19H30F2O9S. The Morgan fingerprint density at radius 2 is 1.87 bits per heavy atom. The molecule has 4 bridgehead atoms. The van der Waals surface area contributed by atoms with Gasteiger partial charge in [0.25, 0.3) is 0 Å². The first-order chi connectivity index (χ1) is 14.4. The monoisotopic (exact) mass is 472 g/mol. The second-order valence-corrected chi connectivity index (χ2v) is 9.99. The van der Waals surface area contributed by atoms with Gasteiger partial charge in [0.1, 0.15) is 5.60 Å². The maximum Gasteiger partial charge on any atom is 0.465 e. The number of carbonyl (C=O) groups is 1. The van der Waals surface area contributed by atoms with Crippen LogP contribution in [0.15, 0.2) is 0 Å². The van der Waals surface area contributed by atoms with Crippen LogP contribution in [0, 0.1) is 5.92 Å². The van der Waals surface area contributed by atoms with Gasteiger partial charge in [0.2, 0.25) is 0 Å². The third kappa shape index (κ3) is 5.91. The SMILES string of the molecule is CCOC(C)OC1CCOC2CC3CC(CC(OC(=O)C(F)(F)S(=O)(=O)O)(C3)C2)OC1. The van der Waals surface area contributed by atoms with Crippen molar-refractivity contribution in [3.63, 3.8) is 0 Å². The van der Waals surface area contributed by atoms with Gasteiger partial charge in [-0.05, 0) is 45.4 Å². The molecule has 6 atom stereocenters. The molecule has 1 N–H and O–H groups in total. The van der Waals surface area contributed by atoms with E-state index in [1.807, 2.05) is 6.92 Å². The van der Waals surface area contributed by atoms with Crippen LogP contribution in [-0.2, 0) is 38.6 Å². The van der Waals surface area contributed by atoms with Gasteiger partial charge in [-0.2, -0.15) is 17.2 Å². The Hall–Kier alpha value is -0.920. The summed E-state index contributed by atoms with van der Waals surface area (Å²) in [5.74, 6) is -2.28. The van der Waals surface area contributed by atoms with Crippen LogP contribution in [0.2, 0.25) is 0 Å². The van der Waals surface area contributed by atoms with E-state index < -0.39 is 33.2 Å². The van der Waals surface area contributed by atoms with Crippen LogP contribution in [0.4, 0.5) is 8.78 Å². The minimum absolute atomic E-state index is 0.00414. The van der Waals surface area contributed by atoms with Gasteiger partial charge >= 0.3 is 21.3 Å². The molecule has 2 aliphatic carbocycles. The molecule has 0 aromatic rings. The van der Waals surface area contributed by atoms with Crippen molar-refractivity contribution in [2.24, 2.45) is 5.92 Å². The van der Waals surface area contributed by atoms with E-state index in [2.05, 4.69) is 0 Å². The molecule has 0 amide bonds. The lowest BCUT2D eigenvalue weighted by Gasteiger charge is -2.49. The maximum atomic E-state index is 13.8. The fourth-order valence-electron chi connectivity index (χ4n) is 4.86. The van der Waals surface area contributed by atoms with Crippen LogP contribution in [-0.4, -0.2) is 74.2 Å². The molecule has 0 aromatic heterocycles. The summed E-state index contributed by atoms with van der Waals surface area (Å²) in [5.41, 5.74) is -1.35. The molecule has 31 heavy (non-hydrogen) atoms. The van der Waals surface area contributed by atoms with Gasteiger partial charge in [-0.15, -0.1) is 0 Å². The van der Waals surface area contributed by atoms with E-state index in [0.29, 0.717) is 38.9 Å². The number of carbonyl (C=O) groups excluding carboxylic acids is 1. The fraction of sp³-hybridized carbons (Fsp3) is 0.947.